The summed E-state index contributed by atoms with van der Waals surface area (Å²) in [5.74, 6) is 0.0555. The zero-order valence-electron chi connectivity index (χ0n) is 7.76. The summed E-state index contributed by atoms with van der Waals surface area (Å²) in [7, 11) is 1.45. The molecule has 0 aliphatic carbocycles. The number of carbonyl (C=O) groups excluding carboxylic acids is 1. The Balaban J connectivity index is 4.49. The molecule has 0 amide bonds. The Bertz CT molecular complexity index is 177. The minimum atomic E-state index is -0.253. The summed E-state index contributed by atoms with van der Waals surface area (Å²) >= 11 is 0. The van der Waals surface area contributed by atoms with Gasteiger partial charge >= 0.3 is 0 Å². The van der Waals surface area contributed by atoms with E-state index in [0.29, 0.717) is 0 Å². The predicted octanol–water partition coefficient (Wildman–Crippen LogP) is 1.42. The van der Waals surface area contributed by atoms with Crippen molar-refractivity contribution in [3.05, 3.63) is 0 Å². The molecule has 0 aliphatic heterocycles. The van der Waals surface area contributed by atoms with Crippen LogP contribution in [0, 0.1) is 0 Å². The highest BCUT2D eigenvalue weighted by Gasteiger charge is 2.12. The van der Waals surface area contributed by atoms with E-state index in [0.717, 1.165) is 0 Å². The van der Waals surface area contributed by atoms with Gasteiger partial charge in [0.1, 0.15) is 0 Å². The van der Waals surface area contributed by atoms with Gasteiger partial charge in [-0.05, 0) is 20.8 Å². The third kappa shape index (κ3) is 4.53. The van der Waals surface area contributed by atoms with Crippen molar-refractivity contribution < 1.29 is 9.53 Å². The molecule has 64 valence electrons. The van der Waals surface area contributed by atoms with Gasteiger partial charge in [-0.2, -0.15) is 0 Å². The number of hydrogen-bond donors (Lipinski definition) is 0. The van der Waals surface area contributed by atoms with Crippen molar-refractivity contribution >= 4 is 11.7 Å². The first-order valence-electron chi connectivity index (χ1n) is 3.51. The van der Waals surface area contributed by atoms with Gasteiger partial charge in [0.05, 0.1) is 12.6 Å². The second-order valence-electron chi connectivity index (χ2n) is 3.35. The standard InChI is InChI=1S/C8H15NO2/c1-6(10)7(11-5)9-8(2,3)4/h1-5H3/b9-7+. The van der Waals surface area contributed by atoms with E-state index in [1.165, 1.54) is 14.0 Å². The third-order valence-corrected chi connectivity index (χ3v) is 0.931. The lowest BCUT2D eigenvalue weighted by Gasteiger charge is -2.13. The summed E-state index contributed by atoms with van der Waals surface area (Å²) in [4.78, 5) is 14.9. The lowest BCUT2D eigenvalue weighted by atomic mass is 10.1. The molecule has 0 fully saturated rings. The van der Waals surface area contributed by atoms with Crippen LogP contribution in [-0.2, 0) is 9.53 Å². The molecule has 0 bridgehead atoms. The fourth-order valence-electron chi connectivity index (χ4n) is 0.573. The number of aliphatic imine (C=N–C) groups is 1. The van der Waals surface area contributed by atoms with Crippen molar-refractivity contribution in [1.29, 1.82) is 0 Å². The molecule has 0 aliphatic rings. The lowest BCUT2D eigenvalue weighted by Crippen LogP contribution is -2.20. The molecule has 0 saturated carbocycles. The number of rotatable bonds is 1. The Kier molecular flexibility index (Phi) is 3.23. The zero-order valence-corrected chi connectivity index (χ0v) is 7.76. The molecule has 3 nitrogen and oxygen atoms in total. The molecule has 0 rings (SSSR count). The van der Waals surface area contributed by atoms with Crippen molar-refractivity contribution in [2.24, 2.45) is 4.99 Å². The maximum Gasteiger partial charge on any atom is 0.253 e. The number of nitrogens with zero attached hydrogens (tertiary/aromatic N) is 1. The second-order valence-corrected chi connectivity index (χ2v) is 3.35. The highest BCUT2D eigenvalue weighted by atomic mass is 16.5. The molecule has 0 saturated heterocycles. The number of ketones is 1. The van der Waals surface area contributed by atoms with Gasteiger partial charge in [-0.15, -0.1) is 0 Å². The molecule has 3 heteroatoms. The summed E-state index contributed by atoms with van der Waals surface area (Å²) in [6.07, 6.45) is 0. The Morgan fingerprint density at radius 3 is 1.91 bits per heavy atom. The minimum Gasteiger partial charge on any atom is -0.479 e. The molecule has 0 spiro atoms. The summed E-state index contributed by atoms with van der Waals surface area (Å²) in [6.45, 7) is 7.17. The molecule has 0 radical (unpaired) electrons. The molecule has 0 aromatic heterocycles. The van der Waals surface area contributed by atoms with Gasteiger partial charge < -0.3 is 4.74 Å². The van der Waals surface area contributed by atoms with Crippen LogP contribution in [0.25, 0.3) is 0 Å². The SMILES string of the molecule is CO/C(=N/C(C)(C)C)C(C)=O. The van der Waals surface area contributed by atoms with Crippen molar-refractivity contribution in [3.8, 4) is 0 Å². The van der Waals surface area contributed by atoms with Crippen molar-refractivity contribution in [3.63, 3.8) is 0 Å². The molecular formula is C8H15NO2. The van der Waals surface area contributed by atoms with Crippen LogP contribution >= 0.6 is 0 Å². The largest absolute Gasteiger partial charge is 0.479 e. The minimum absolute atomic E-state index is 0.137. The van der Waals surface area contributed by atoms with Crippen LogP contribution in [-0.4, -0.2) is 24.3 Å². The number of Topliss-reactive ketones (excluding diaryl/α,β-unsaturated/α-hetero) is 1. The van der Waals surface area contributed by atoms with E-state index in [9.17, 15) is 4.79 Å². The van der Waals surface area contributed by atoms with Crippen LogP contribution in [0.15, 0.2) is 4.99 Å². The van der Waals surface area contributed by atoms with Gasteiger partial charge in [0.15, 0.2) is 0 Å². The maximum absolute atomic E-state index is 10.8. The Hall–Kier alpha value is -0.860. The first kappa shape index (κ1) is 10.1. The fraction of sp³-hybridized carbons (Fsp3) is 0.750. The molecular weight excluding hydrogens is 142 g/mol. The second kappa shape index (κ2) is 3.51. The zero-order chi connectivity index (χ0) is 9.07. The van der Waals surface area contributed by atoms with Gasteiger partial charge in [-0.1, -0.05) is 0 Å². The van der Waals surface area contributed by atoms with E-state index >= 15 is 0 Å². The summed E-state index contributed by atoms with van der Waals surface area (Å²) in [5, 5.41) is 0. The quantitative estimate of drug-likeness (QED) is 0.426. The van der Waals surface area contributed by atoms with Crippen LogP contribution in [0.1, 0.15) is 27.7 Å². The van der Waals surface area contributed by atoms with Crippen LogP contribution in [0.3, 0.4) is 0 Å². The highest BCUT2D eigenvalue weighted by molar-refractivity contribution is 6.35. The van der Waals surface area contributed by atoms with Crippen LogP contribution in [0.2, 0.25) is 0 Å². The lowest BCUT2D eigenvalue weighted by molar-refractivity contribution is -0.112. The van der Waals surface area contributed by atoms with E-state index < -0.39 is 0 Å². The molecule has 0 aromatic rings. The van der Waals surface area contributed by atoms with Crippen LogP contribution in [0.4, 0.5) is 0 Å². The number of hydrogen-bond acceptors (Lipinski definition) is 3. The Labute approximate surface area is 67.5 Å². The number of ether oxygens (including phenoxy) is 1. The molecule has 0 unspecified atom stereocenters. The van der Waals surface area contributed by atoms with Crippen molar-refractivity contribution in [2.75, 3.05) is 7.11 Å². The van der Waals surface area contributed by atoms with Gasteiger partial charge in [-0.25, -0.2) is 4.99 Å². The summed E-state index contributed by atoms with van der Waals surface area (Å²) < 4.78 is 4.79. The first-order chi connectivity index (χ1) is 4.87. The Morgan fingerprint density at radius 1 is 1.36 bits per heavy atom. The van der Waals surface area contributed by atoms with E-state index in [-0.39, 0.29) is 17.2 Å². The topological polar surface area (TPSA) is 38.7 Å². The van der Waals surface area contributed by atoms with Crippen LogP contribution < -0.4 is 0 Å². The summed E-state index contributed by atoms with van der Waals surface area (Å²) in [5.41, 5.74) is -0.253. The molecule has 0 aromatic carbocycles. The monoisotopic (exact) mass is 157 g/mol. The van der Waals surface area contributed by atoms with E-state index in [1.54, 1.807) is 0 Å². The fourth-order valence-corrected chi connectivity index (χ4v) is 0.573. The van der Waals surface area contributed by atoms with Crippen molar-refractivity contribution in [2.45, 2.75) is 33.2 Å². The smallest absolute Gasteiger partial charge is 0.253 e. The molecule has 0 N–H and O–H groups in total. The normalized spacial score (nSPS) is 13.0. The average molecular weight is 157 g/mol. The van der Waals surface area contributed by atoms with E-state index in [4.69, 9.17) is 4.74 Å². The first-order valence-corrected chi connectivity index (χ1v) is 3.51. The number of carbonyl (C=O) groups is 1. The highest BCUT2D eigenvalue weighted by Crippen LogP contribution is 2.07. The van der Waals surface area contributed by atoms with E-state index in [1.807, 2.05) is 20.8 Å². The molecule has 0 heterocycles. The van der Waals surface area contributed by atoms with Gasteiger partial charge in [0, 0.05) is 6.92 Å². The van der Waals surface area contributed by atoms with Gasteiger partial charge in [0.2, 0.25) is 5.78 Å². The van der Waals surface area contributed by atoms with Gasteiger partial charge in [-0.3, -0.25) is 4.79 Å². The predicted molar refractivity (Wildman–Crippen MR) is 44.9 cm³/mol. The van der Waals surface area contributed by atoms with Crippen molar-refractivity contribution in [1.82, 2.24) is 0 Å². The van der Waals surface area contributed by atoms with Gasteiger partial charge in [0.25, 0.3) is 5.90 Å². The average Bonchev–Trinajstić information content (AvgIpc) is 1.80. The third-order valence-electron chi connectivity index (χ3n) is 0.931. The summed E-state index contributed by atoms with van der Waals surface area (Å²) in [6, 6.07) is 0. The molecule has 0 atom stereocenters. The van der Waals surface area contributed by atoms with E-state index in [2.05, 4.69) is 4.99 Å². The number of methoxy groups -OCH3 is 1. The van der Waals surface area contributed by atoms with Crippen LogP contribution in [0.5, 0.6) is 0 Å². The Morgan fingerprint density at radius 2 is 1.82 bits per heavy atom. The maximum atomic E-state index is 10.8. The molecule has 11 heavy (non-hydrogen) atoms.